The van der Waals surface area contributed by atoms with Gasteiger partial charge >= 0.3 is 0 Å². The van der Waals surface area contributed by atoms with E-state index < -0.39 is 17.7 Å². The van der Waals surface area contributed by atoms with Crippen molar-refractivity contribution < 1.29 is 19.4 Å². The zero-order chi connectivity index (χ0) is 21.4. The standard InChI is InChI=1S/C23H18ClNO4S/c1-13-5-10-17(29-2)16(12-13)21(26)19-20(18-4-3-11-30-18)25(23(28)22(19)27)15-8-6-14(24)7-9-15/h3-12,20,26H,1-2H3/b21-19-. The van der Waals surface area contributed by atoms with Gasteiger partial charge in [0.1, 0.15) is 17.6 Å². The van der Waals surface area contributed by atoms with Crippen molar-refractivity contribution in [2.24, 2.45) is 0 Å². The van der Waals surface area contributed by atoms with Crippen molar-refractivity contribution in [2.45, 2.75) is 13.0 Å². The molecular formula is C23H18ClNO4S. The highest BCUT2D eigenvalue weighted by Crippen LogP contribution is 2.44. The summed E-state index contributed by atoms with van der Waals surface area (Å²) < 4.78 is 5.38. The molecule has 4 rings (SSSR count). The average molecular weight is 440 g/mol. The van der Waals surface area contributed by atoms with Crippen LogP contribution in [0.4, 0.5) is 5.69 Å². The van der Waals surface area contributed by atoms with Gasteiger partial charge in [-0.1, -0.05) is 29.3 Å². The van der Waals surface area contributed by atoms with E-state index in [4.69, 9.17) is 16.3 Å². The zero-order valence-electron chi connectivity index (χ0n) is 16.3. The normalized spacial score (nSPS) is 18.1. The number of hydrogen-bond donors (Lipinski definition) is 1. The van der Waals surface area contributed by atoms with Gasteiger partial charge in [0.05, 0.1) is 18.2 Å². The molecule has 1 N–H and O–H groups in total. The quantitative estimate of drug-likeness (QED) is 0.338. The molecule has 1 fully saturated rings. The Balaban J connectivity index is 1.95. The summed E-state index contributed by atoms with van der Waals surface area (Å²) >= 11 is 7.40. The van der Waals surface area contributed by atoms with E-state index in [-0.39, 0.29) is 11.3 Å². The number of methoxy groups -OCH3 is 1. The minimum Gasteiger partial charge on any atom is -0.507 e. The van der Waals surface area contributed by atoms with Gasteiger partial charge in [0, 0.05) is 15.6 Å². The second-order valence-electron chi connectivity index (χ2n) is 6.86. The fraction of sp³-hybridized carbons (Fsp3) is 0.130. The van der Waals surface area contributed by atoms with Gasteiger partial charge in [0.15, 0.2) is 0 Å². The van der Waals surface area contributed by atoms with Crippen LogP contribution < -0.4 is 9.64 Å². The minimum atomic E-state index is -0.753. The number of amides is 1. The first-order chi connectivity index (χ1) is 14.4. The molecule has 2 heterocycles. The van der Waals surface area contributed by atoms with Crippen LogP contribution in [-0.4, -0.2) is 23.9 Å². The molecule has 0 bridgehead atoms. The number of thiophene rings is 1. The molecule has 3 aromatic rings. The molecule has 0 saturated carbocycles. The van der Waals surface area contributed by atoms with Crippen molar-refractivity contribution in [2.75, 3.05) is 12.0 Å². The smallest absolute Gasteiger partial charge is 0.300 e. The van der Waals surface area contributed by atoms with Crippen LogP contribution >= 0.6 is 22.9 Å². The van der Waals surface area contributed by atoms with E-state index in [1.807, 2.05) is 30.5 Å². The molecule has 2 aromatic carbocycles. The molecule has 1 amide bonds. The molecule has 5 nitrogen and oxygen atoms in total. The number of aliphatic hydroxyl groups is 1. The molecule has 1 aromatic heterocycles. The SMILES string of the molecule is COc1ccc(C)cc1/C(O)=C1/C(=O)C(=O)N(c2ccc(Cl)cc2)C1c1cccs1. The summed E-state index contributed by atoms with van der Waals surface area (Å²) in [6.45, 7) is 1.87. The third-order valence-corrected chi connectivity index (χ3v) is 6.15. The Morgan fingerprint density at radius 3 is 2.50 bits per heavy atom. The Morgan fingerprint density at radius 2 is 1.87 bits per heavy atom. The van der Waals surface area contributed by atoms with E-state index in [2.05, 4.69) is 0 Å². The zero-order valence-corrected chi connectivity index (χ0v) is 17.8. The number of hydrogen-bond acceptors (Lipinski definition) is 5. The van der Waals surface area contributed by atoms with Gasteiger partial charge in [0.25, 0.3) is 11.7 Å². The third-order valence-electron chi connectivity index (χ3n) is 4.97. The van der Waals surface area contributed by atoms with E-state index in [1.165, 1.54) is 23.3 Å². The number of rotatable bonds is 4. The number of benzene rings is 2. The number of Topliss-reactive ketones (excluding diaryl/α,β-unsaturated/α-hetero) is 1. The lowest BCUT2D eigenvalue weighted by Gasteiger charge is -2.24. The van der Waals surface area contributed by atoms with Crippen molar-refractivity contribution in [1.82, 2.24) is 0 Å². The van der Waals surface area contributed by atoms with Crippen LogP contribution in [0.5, 0.6) is 5.75 Å². The first-order valence-electron chi connectivity index (χ1n) is 9.17. The fourth-order valence-electron chi connectivity index (χ4n) is 3.57. The number of ketones is 1. The summed E-state index contributed by atoms with van der Waals surface area (Å²) in [5.41, 5.74) is 1.81. The maximum absolute atomic E-state index is 13.1. The van der Waals surface area contributed by atoms with E-state index in [0.717, 1.165) is 10.4 Å². The number of anilines is 1. The van der Waals surface area contributed by atoms with Crippen molar-refractivity contribution in [1.29, 1.82) is 0 Å². The lowest BCUT2D eigenvalue weighted by atomic mass is 9.98. The highest BCUT2D eigenvalue weighted by molar-refractivity contribution is 7.10. The Kier molecular flexibility index (Phi) is 5.37. The maximum atomic E-state index is 13.1. The van der Waals surface area contributed by atoms with Crippen LogP contribution in [0, 0.1) is 6.92 Å². The van der Waals surface area contributed by atoms with Gasteiger partial charge in [-0.05, 0) is 54.8 Å². The third kappa shape index (κ3) is 3.38. The van der Waals surface area contributed by atoms with E-state index >= 15 is 0 Å². The Morgan fingerprint density at radius 1 is 1.13 bits per heavy atom. The summed E-state index contributed by atoms with van der Waals surface area (Å²) in [5.74, 6) is -1.29. The molecule has 30 heavy (non-hydrogen) atoms. The summed E-state index contributed by atoms with van der Waals surface area (Å²) in [4.78, 5) is 28.3. The molecule has 1 saturated heterocycles. The van der Waals surface area contributed by atoms with E-state index in [1.54, 1.807) is 36.4 Å². The number of carbonyl (C=O) groups excluding carboxylic acids is 2. The lowest BCUT2D eigenvalue weighted by Crippen LogP contribution is -2.29. The summed E-state index contributed by atoms with van der Waals surface area (Å²) in [6.07, 6.45) is 0. The number of ether oxygens (including phenoxy) is 1. The molecule has 152 valence electrons. The van der Waals surface area contributed by atoms with E-state index in [9.17, 15) is 14.7 Å². The van der Waals surface area contributed by atoms with Gasteiger partial charge in [-0.15, -0.1) is 11.3 Å². The summed E-state index contributed by atoms with van der Waals surface area (Å²) in [6, 6.07) is 14.9. The van der Waals surface area contributed by atoms with Crippen LogP contribution in [0.15, 0.2) is 65.6 Å². The number of aliphatic hydroxyl groups excluding tert-OH is 1. The molecule has 1 aliphatic heterocycles. The number of aryl methyl sites for hydroxylation is 1. The van der Waals surface area contributed by atoms with Gasteiger partial charge in [-0.2, -0.15) is 0 Å². The first-order valence-corrected chi connectivity index (χ1v) is 10.4. The largest absolute Gasteiger partial charge is 0.507 e. The van der Waals surface area contributed by atoms with Crippen LogP contribution in [0.1, 0.15) is 22.0 Å². The van der Waals surface area contributed by atoms with Crippen LogP contribution in [0.2, 0.25) is 5.02 Å². The second-order valence-corrected chi connectivity index (χ2v) is 8.28. The Hall–Kier alpha value is -3.09. The Bertz CT molecular complexity index is 1150. The van der Waals surface area contributed by atoms with Crippen LogP contribution in [0.25, 0.3) is 5.76 Å². The average Bonchev–Trinajstić information content (AvgIpc) is 3.35. The van der Waals surface area contributed by atoms with Crippen LogP contribution in [-0.2, 0) is 9.59 Å². The van der Waals surface area contributed by atoms with Gasteiger partial charge < -0.3 is 9.84 Å². The molecule has 7 heteroatoms. The van der Waals surface area contributed by atoms with Crippen molar-refractivity contribution >= 4 is 46.1 Å². The fourth-order valence-corrected chi connectivity index (χ4v) is 4.52. The molecule has 1 atom stereocenters. The number of halogens is 1. The predicted octanol–water partition coefficient (Wildman–Crippen LogP) is 5.34. The molecule has 0 aliphatic carbocycles. The van der Waals surface area contributed by atoms with Crippen molar-refractivity contribution in [3.8, 4) is 5.75 Å². The molecule has 0 spiro atoms. The summed E-state index contributed by atoms with van der Waals surface area (Å²) in [5, 5.41) is 13.6. The molecule has 0 radical (unpaired) electrons. The monoisotopic (exact) mass is 439 g/mol. The van der Waals surface area contributed by atoms with Crippen molar-refractivity contribution in [3.63, 3.8) is 0 Å². The van der Waals surface area contributed by atoms with Gasteiger partial charge in [-0.3, -0.25) is 14.5 Å². The highest BCUT2D eigenvalue weighted by atomic mass is 35.5. The molecule has 1 aliphatic rings. The number of carbonyl (C=O) groups is 2. The number of nitrogens with zero attached hydrogens (tertiary/aromatic N) is 1. The first kappa shape index (κ1) is 20.2. The van der Waals surface area contributed by atoms with Gasteiger partial charge in [0.2, 0.25) is 0 Å². The molecular weight excluding hydrogens is 422 g/mol. The highest BCUT2D eigenvalue weighted by Gasteiger charge is 2.47. The second kappa shape index (κ2) is 7.97. The van der Waals surface area contributed by atoms with E-state index in [0.29, 0.717) is 22.0 Å². The lowest BCUT2D eigenvalue weighted by molar-refractivity contribution is -0.132. The topological polar surface area (TPSA) is 66.8 Å². The predicted molar refractivity (Wildman–Crippen MR) is 118 cm³/mol. The Labute approximate surface area is 182 Å². The van der Waals surface area contributed by atoms with Crippen LogP contribution in [0.3, 0.4) is 0 Å². The minimum absolute atomic E-state index is 0.0290. The van der Waals surface area contributed by atoms with Crippen molar-refractivity contribution in [3.05, 3.63) is 86.6 Å². The van der Waals surface area contributed by atoms with Gasteiger partial charge in [-0.25, -0.2) is 0 Å². The summed E-state index contributed by atoms with van der Waals surface area (Å²) in [7, 11) is 1.49. The maximum Gasteiger partial charge on any atom is 0.300 e. The molecule has 1 unspecified atom stereocenters.